The van der Waals surface area contributed by atoms with Gasteiger partial charge < -0.3 is 10.6 Å². The van der Waals surface area contributed by atoms with Crippen molar-refractivity contribution in [1.29, 1.82) is 0 Å². The van der Waals surface area contributed by atoms with Gasteiger partial charge in [-0.1, -0.05) is 18.2 Å². The van der Waals surface area contributed by atoms with Crippen LogP contribution in [0.3, 0.4) is 0 Å². The van der Waals surface area contributed by atoms with Crippen LogP contribution in [0.2, 0.25) is 0 Å². The molecule has 0 aliphatic carbocycles. The normalized spacial score (nSPS) is 22.0. The Morgan fingerprint density at radius 3 is 2.89 bits per heavy atom. The molecule has 4 rings (SSSR count). The highest BCUT2D eigenvalue weighted by Gasteiger charge is 2.28. The molecule has 5 N–H and O–H groups in total. The molecule has 28 heavy (non-hydrogen) atoms. The van der Waals surface area contributed by atoms with E-state index in [1.807, 2.05) is 30.3 Å². The van der Waals surface area contributed by atoms with Crippen molar-refractivity contribution < 1.29 is 0 Å². The molecular formula is C21H27N7. The maximum atomic E-state index is 6.60. The van der Waals surface area contributed by atoms with E-state index >= 15 is 0 Å². The summed E-state index contributed by atoms with van der Waals surface area (Å²) in [7, 11) is 0. The number of aromatic nitrogens is 1. The second-order valence-corrected chi connectivity index (χ2v) is 7.10. The van der Waals surface area contributed by atoms with E-state index in [9.17, 15) is 0 Å². The highest BCUT2D eigenvalue weighted by atomic mass is 15.5. The minimum atomic E-state index is -0.989. The second-order valence-electron chi connectivity index (χ2n) is 7.10. The van der Waals surface area contributed by atoms with Crippen molar-refractivity contribution >= 4 is 6.21 Å². The SMILES string of the molecule is NC1(c2cccc(-c3ccncc3)c2)N=CC=C(NCCCN2CCCN2)N1. The van der Waals surface area contributed by atoms with Crippen LogP contribution in [0.15, 0.2) is 65.7 Å². The Kier molecular flexibility index (Phi) is 5.66. The van der Waals surface area contributed by atoms with E-state index in [0.717, 1.165) is 55.1 Å². The van der Waals surface area contributed by atoms with Gasteiger partial charge in [-0.25, -0.2) is 10.0 Å². The van der Waals surface area contributed by atoms with Crippen LogP contribution in [-0.4, -0.2) is 42.4 Å². The first-order valence-corrected chi connectivity index (χ1v) is 9.79. The lowest BCUT2D eigenvalue weighted by Crippen LogP contribution is -2.52. The monoisotopic (exact) mass is 377 g/mol. The molecule has 1 aromatic heterocycles. The fourth-order valence-electron chi connectivity index (χ4n) is 3.51. The summed E-state index contributed by atoms with van der Waals surface area (Å²) in [6.45, 7) is 4.13. The maximum Gasteiger partial charge on any atom is 0.210 e. The third kappa shape index (κ3) is 4.39. The number of nitrogens with one attached hydrogen (secondary N) is 3. The molecule has 0 saturated carbocycles. The fraction of sp³-hybridized carbons (Fsp3) is 0.333. The molecule has 1 unspecified atom stereocenters. The Hall–Kier alpha value is -2.74. The summed E-state index contributed by atoms with van der Waals surface area (Å²) in [5.74, 6) is -0.0995. The number of hydrazine groups is 1. The summed E-state index contributed by atoms with van der Waals surface area (Å²) in [6.07, 6.45) is 9.55. The summed E-state index contributed by atoms with van der Waals surface area (Å²) in [5, 5.41) is 9.06. The van der Waals surface area contributed by atoms with Gasteiger partial charge in [-0.3, -0.25) is 16.1 Å². The van der Waals surface area contributed by atoms with Gasteiger partial charge in [-0.15, -0.1) is 0 Å². The predicted molar refractivity (Wildman–Crippen MR) is 112 cm³/mol. The number of aliphatic imine (C=N–C) groups is 1. The van der Waals surface area contributed by atoms with Crippen molar-refractivity contribution in [3.8, 4) is 11.1 Å². The van der Waals surface area contributed by atoms with Gasteiger partial charge in [0.1, 0.15) is 5.82 Å². The minimum Gasteiger partial charge on any atom is -0.372 e. The molecule has 0 bridgehead atoms. The molecule has 0 spiro atoms. The van der Waals surface area contributed by atoms with Crippen molar-refractivity contribution in [3.05, 3.63) is 66.3 Å². The molecule has 1 aromatic carbocycles. The van der Waals surface area contributed by atoms with Gasteiger partial charge in [0.05, 0.1) is 0 Å². The third-order valence-electron chi connectivity index (χ3n) is 5.02. The molecule has 3 heterocycles. The van der Waals surface area contributed by atoms with Crippen LogP contribution in [0.5, 0.6) is 0 Å². The molecule has 2 aliphatic rings. The highest BCUT2D eigenvalue weighted by molar-refractivity contribution is 5.74. The van der Waals surface area contributed by atoms with Gasteiger partial charge in [-0.05, 0) is 48.2 Å². The summed E-state index contributed by atoms with van der Waals surface area (Å²) in [6, 6.07) is 12.1. The largest absolute Gasteiger partial charge is 0.372 e. The lowest BCUT2D eigenvalue weighted by molar-refractivity contribution is 0.249. The van der Waals surface area contributed by atoms with Crippen LogP contribution in [0.1, 0.15) is 18.4 Å². The Balaban J connectivity index is 1.38. The number of benzene rings is 1. The van der Waals surface area contributed by atoms with Gasteiger partial charge in [0, 0.05) is 50.4 Å². The molecule has 1 saturated heterocycles. The third-order valence-corrected chi connectivity index (χ3v) is 5.02. The Bertz CT molecular complexity index is 843. The van der Waals surface area contributed by atoms with Gasteiger partial charge in [0.15, 0.2) is 0 Å². The minimum absolute atomic E-state index is 0.873. The molecule has 1 fully saturated rings. The van der Waals surface area contributed by atoms with E-state index in [0.29, 0.717) is 0 Å². The van der Waals surface area contributed by atoms with E-state index < -0.39 is 5.79 Å². The van der Waals surface area contributed by atoms with Crippen LogP contribution in [0.4, 0.5) is 0 Å². The van der Waals surface area contributed by atoms with Crippen LogP contribution in [0, 0.1) is 0 Å². The molecular weight excluding hydrogens is 350 g/mol. The Morgan fingerprint density at radius 2 is 2.07 bits per heavy atom. The number of hydrogen-bond acceptors (Lipinski definition) is 7. The van der Waals surface area contributed by atoms with Crippen LogP contribution in [-0.2, 0) is 5.79 Å². The average Bonchev–Trinajstić information content (AvgIpc) is 3.26. The van der Waals surface area contributed by atoms with Crippen LogP contribution < -0.4 is 21.8 Å². The standard InChI is InChI=1S/C21H27N7/c22-21(19-5-1-4-18(16-19)17-6-11-23-12-7-17)25-13-8-20(27-21)24-9-2-14-28-15-3-10-26-28/h1,4-8,11-13,16,24,26-27H,2-3,9-10,14-15,22H2. The van der Waals surface area contributed by atoms with Crippen molar-refractivity contribution in [3.63, 3.8) is 0 Å². The molecule has 0 radical (unpaired) electrons. The lowest BCUT2D eigenvalue weighted by atomic mass is 10.0. The first-order chi connectivity index (χ1) is 13.7. The number of allylic oxidation sites excluding steroid dienone is 1. The summed E-state index contributed by atoms with van der Waals surface area (Å²) < 4.78 is 0. The highest BCUT2D eigenvalue weighted by Crippen LogP contribution is 2.26. The first kappa shape index (κ1) is 18.6. The first-order valence-electron chi connectivity index (χ1n) is 9.79. The van der Waals surface area contributed by atoms with Crippen molar-refractivity contribution in [2.75, 3.05) is 26.2 Å². The van der Waals surface area contributed by atoms with Gasteiger partial charge in [-0.2, -0.15) is 0 Å². The molecule has 2 aliphatic heterocycles. The smallest absolute Gasteiger partial charge is 0.210 e. The van der Waals surface area contributed by atoms with E-state index in [4.69, 9.17) is 5.73 Å². The average molecular weight is 377 g/mol. The van der Waals surface area contributed by atoms with Gasteiger partial charge in [0.2, 0.25) is 5.79 Å². The number of pyridine rings is 1. The van der Waals surface area contributed by atoms with Crippen LogP contribution in [0.25, 0.3) is 11.1 Å². The Labute approximate surface area is 165 Å². The van der Waals surface area contributed by atoms with E-state index in [-0.39, 0.29) is 0 Å². The number of nitrogens with zero attached hydrogens (tertiary/aromatic N) is 3. The summed E-state index contributed by atoms with van der Waals surface area (Å²) >= 11 is 0. The molecule has 2 aromatic rings. The lowest BCUT2D eigenvalue weighted by Gasteiger charge is -2.32. The zero-order valence-corrected chi connectivity index (χ0v) is 15.9. The molecule has 7 nitrogen and oxygen atoms in total. The second kappa shape index (κ2) is 8.52. The van der Waals surface area contributed by atoms with Crippen molar-refractivity contribution in [2.24, 2.45) is 10.7 Å². The number of hydrogen-bond donors (Lipinski definition) is 4. The number of nitrogens with two attached hydrogens (primary N) is 1. The van der Waals surface area contributed by atoms with E-state index in [1.54, 1.807) is 18.6 Å². The number of rotatable bonds is 7. The topological polar surface area (TPSA) is 90.6 Å². The van der Waals surface area contributed by atoms with Gasteiger partial charge >= 0.3 is 0 Å². The van der Waals surface area contributed by atoms with Crippen molar-refractivity contribution in [2.45, 2.75) is 18.6 Å². The quantitative estimate of drug-likeness (QED) is 0.547. The fourth-order valence-corrected chi connectivity index (χ4v) is 3.51. The maximum absolute atomic E-state index is 6.60. The zero-order valence-electron chi connectivity index (χ0n) is 15.9. The molecule has 146 valence electrons. The molecule has 0 amide bonds. The zero-order chi connectivity index (χ0) is 19.2. The van der Waals surface area contributed by atoms with Crippen LogP contribution >= 0.6 is 0 Å². The Morgan fingerprint density at radius 1 is 1.18 bits per heavy atom. The summed E-state index contributed by atoms with van der Waals surface area (Å²) in [5.41, 5.74) is 13.1. The van der Waals surface area contributed by atoms with E-state index in [2.05, 4.69) is 43.2 Å². The molecule has 1 atom stereocenters. The molecule has 7 heteroatoms. The van der Waals surface area contributed by atoms with E-state index in [1.165, 1.54) is 6.42 Å². The predicted octanol–water partition coefficient (Wildman–Crippen LogP) is 1.52. The van der Waals surface area contributed by atoms with Gasteiger partial charge in [0.25, 0.3) is 0 Å². The van der Waals surface area contributed by atoms with Crippen molar-refractivity contribution in [1.82, 2.24) is 26.1 Å². The summed E-state index contributed by atoms with van der Waals surface area (Å²) in [4.78, 5) is 8.59.